The molecule has 0 aromatic rings. The largest absolute Gasteiger partial charge is 0.319 e. The van der Waals surface area contributed by atoms with Gasteiger partial charge in [0, 0.05) is 0 Å². The molecule has 0 saturated carbocycles. The van der Waals surface area contributed by atoms with Crippen LogP contribution < -0.4 is 5.73 Å². The van der Waals surface area contributed by atoms with Gasteiger partial charge in [0.2, 0.25) is 0 Å². The van der Waals surface area contributed by atoms with Crippen molar-refractivity contribution in [1.29, 1.82) is 0 Å². The second-order valence-corrected chi connectivity index (χ2v) is 4.22. The van der Waals surface area contributed by atoms with E-state index in [9.17, 15) is 4.79 Å². The lowest BCUT2D eigenvalue weighted by atomic mass is 9.97. The Hall–Kier alpha value is -0.630. The number of unbranched alkanes of at least 4 members (excludes halogenated alkanes) is 5. The fraction of sp³-hybridized carbons (Fsp3) is 0.750. The topological polar surface area (TPSA) is 43.1 Å². The van der Waals surface area contributed by atoms with E-state index in [-0.39, 0.29) is 0 Å². The Balaban J connectivity index is 3.21. The predicted molar refractivity (Wildman–Crippen MR) is 61.2 cm³/mol. The Bertz CT molecular complexity index is 164. The number of allylic oxidation sites excluding steroid dienone is 1. The highest BCUT2D eigenvalue weighted by molar-refractivity contribution is 5.62. The molecular weight excluding hydrogens is 174 g/mol. The highest BCUT2D eigenvalue weighted by Gasteiger charge is 2.15. The van der Waals surface area contributed by atoms with Crippen molar-refractivity contribution in [3.05, 3.63) is 12.7 Å². The molecule has 1 atom stereocenters. The zero-order valence-electron chi connectivity index (χ0n) is 9.30. The first-order valence-corrected chi connectivity index (χ1v) is 5.48. The number of rotatable bonds is 9. The second kappa shape index (κ2) is 7.74. The van der Waals surface area contributed by atoms with Crippen LogP contribution in [0.25, 0.3) is 0 Å². The Kier molecular flexibility index (Phi) is 7.40. The highest BCUT2D eigenvalue weighted by Crippen LogP contribution is 2.12. The van der Waals surface area contributed by atoms with Crippen LogP contribution in [0.4, 0.5) is 0 Å². The summed E-state index contributed by atoms with van der Waals surface area (Å²) in [5.41, 5.74) is 5.09. The molecule has 2 heteroatoms. The number of hydrogen-bond acceptors (Lipinski definition) is 2. The minimum absolute atomic E-state index is 0.610. The van der Waals surface area contributed by atoms with Gasteiger partial charge < -0.3 is 10.5 Å². The maximum Gasteiger partial charge on any atom is 0.139 e. The van der Waals surface area contributed by atoms with Crippen molar-refractivity contribution in [2.24, 2.45) is 5.73 Å². The normalized spacial score (nSPS) is 14.7. The van der Waals surface area contributed by atoms with Crippen molar-refractivity contribution < 1.29 is 4.79 Å². The number of nitrogens with two attached hydrogens (primary N) is 1. The van der Waals surface area contributed by atoms with Crippen LogP contribution in [0.2, 0.25) is 0 Å². The lowest BCUT2D eigenvalue weighted by molar-refractivity contribution is -0.112. The zero-order chi connectivity index (χ0) is 10.9. The van der Waals surface area contributed by atoms with E-state index in [1.807, 2.05) is 6.08 Å². The van der Waals surface area contributed by atoms with Crippen molar-refractivity contribution in [2.75, 3.05) is 0 Å². The molecule has 82 valence electrons. The van der Waals surface area contributed by atoms with E-state index in [0.29, 0.717) is 0 Å². The number of carbonyl (C=O) groups is 1. The molecule has 14 heavy (non-hydrogen) atoms. The molecule has 0 rings (SSSR count). The van der Waals surface area contributed by atoms with E-state index in [0.717, 1.165) is 25.5 Å². The zero-order valence-corrected chi connectivity index (χ0v) is 9.30. The van der Waals surface area contributed by atoms with Gasteiger partial charge in [-0.05, 0) is 26.2 Å². The van der Waals surface area contributed by atoms with Gasteiger partial charge in [-0.25, -0.2) is 0 Å². The molecule has 0 radical (unpaired) electrons. The van der Waals surface area contributed by atoms with Gasteiger partial charge in [-0.3, -0.25) is 0 Å². The van der Waals surface area contributed by atoms with Crippen LogP contribution in [0.15, 0.2) is 12.7 Å². The van der Waals surface area contributed by atoms with E-state index >= 15 is 0 Å². The molecule has 2 nitrogen and oxygen atoms in total. The van der Waals surface area contributed by atoms with Gasteiger partial charge in [-0.15, -0.1) is 6.58 Å². The third-order valence-corrected chi connectivity index (χ3v) is 2.39. The summed E-state index contributed by atoms with van der Waals surface area (Å²) in [6.07, 6.45) is 10.7. The summed E-state index contributed by atoms with van der Waals surface area (Å²) in [5.74, 6) is 0. The first-order chi connectivity index (χ1) is 6.62. The number of hydrogen-bond donors (Lipinski definition) is 1. The molecule has 0 heterocycles. The van der Waals surface area contributed by atoms with E-state index in [1.165, 1.54) is 25.7 Å². The minimum Gasteiger partial charge on any atom is -0.319 e. The molecule has 0 unspecified atom stereocenters. The second-order valence-electron chi connectivity index (χ2n) is 4.22. The Morgan fingerprint density at radius 2 is 1.79 bits per heavy atom. The Labute approximate surface area is 87.6 Å². The fourth-order valence-electron chi connectivity index (χ4n) is 1.38. The molecule has 0 aliphatic rings. The minimum atomic E-state index is -0.610. The van der Waals surface area contributed by atoms with Gasteiger partial charge in [-0.1, -0.05) is 31.8 Å². The first-order valence-electron chi connectivity index (χ1n) is 5.48. The van der Waals surface area contributed by atoms with Crippen molar-refractivity contribution in [3.63, 3.8) is 0 Å². The van der Waals surface area contributed by atoms with E-state index in [4.69, 9.17) is 5.73 Å². The SMILES string of the molecule is C=CCCCCCCC[C@](C)(N)C=O. The molecule has 0 aliphatic carbocycles. The lowest BCUT2D eigenvalue weighted by Crippen LogP contribution is -2.37. The van der Waals surface area contributed by atoms with E-state index < -0.39 is 5.54 Å². The van der Waals surface area contributed by atoms with Crippen LogP contribution in [0.3, 0.4) is 0 Å². The average molecular weight is 197 g/mol. The molecule has 0 fully saturated rings. The number of carbonyl (C=O) groups excluding carboxylic acids is 1. The first kappa shape index (κ1) is 13.4. The molecule has 0 amide bonds. The van der Waals surface area contributed by atoms with Crippen LogP contribution in [0.5, 0.6) is 0 Å². The maximum absolute atomic E-state index is 10.5. The molecule has 0 spiro atoms. The van der Waals surface area contributed by atoms with Crippen LogP contribution in [0.1, 0.15) is 51.9 Å². The predicted octanol–water partition coefficient (Wildman–Crippen LogP) is 2.82. The molecule has 0 aliphatic heterocycles. The monoisotopic (exact) mass is 197 g/mol. The van der Waals surface area contributed by atoms with Gasteiger partial charge in [0.15, 0.2) is 0 Å². The van der Waals surface area contributed by atoms with Crippen LogP contribution in [-0.4, -0.2) is 11.8 Å². The van der Waals surface area contributed by atoms with Gasteiger partial charge in [0.05, 0.1) is 5.54 Å². The van der Waals surface area contributed by atoms with Crippen LogP contribution in [-0.2, 0) is 4.79 Å². The van der Waals surface area contributed by atoms with Crippen molar-refractivity contribution >= 4 is 6.29 Å². The molecule has 0 saturated heterocycles. The summed E-state index contributed by atoms with van der Waals surface area (Å²) in [5, 5.41) is 0. The van der Waals surface area contributed by atoms with E-state index in [2.05, 4.69) is 6.58 Å². The third kappa shape index (κ3) is 7.99. The maximum atomic E-state index is 10.5. The van der Waals surface area contributed by atoms with E-state index in [1.54, 1.807) is 6.92 Å². The van der Waals surface area contributed by atoms with Crippen molar-refractivity contribution in [1.82, 2.24) is 0 Å². The van der Waals surface area contributed by atoms with Crippen LogP contribution >= 0.6 is 0 Å². The standard InChI is InChI=1S/C12H23NO/c1-3-4-5-6-7-8-9-10-12(2,13)11-14/h3,11H,1,4-10,13H2,2H3/t12-/m0/s1. The number of aldehydes is 1. The molecule has 2 N–H and O–H groups in total. The lowest BCUT2D eigenvalue weighted by Gasteiger charge is -2.15. The van der Waals surface area contributed by atoms with Crippen molar-refractivity contribution in [2.45, 2.75) is 57.4 Å². The summed E-state index contributed by atoms with van der Waals surface area (Å²) in [6, 6.07) is 0. The van der Waals surface area contributed by atoms with Crippen molar-refractivity contribution in [3.8, 4) is 0 Å². The van der Waals surface area contributed by atoms with Gasteiger partial charge in [-0.2, -0.15) is 0 Å². The Morgan fingerprint density at radius 1 is 1.21 bits per heavy atom. The smallest absolute Gasteiger partial charge is 0.139 e. The fourth-order valence-corrected chi connectivity index (χ4v) is 1.38. The highest BCUT2D eigenvalue weighted by atomic mass is 16.1. The van der Waals surface area contributed by atoms with Gasteiger partial charge in [0.25, 0.3) is 0 Å². The van der Waals surface area contributed by atoms with Gasteiger partial charge in [0.1, 0.15) is 6.29 Å². The molecule has 0 aromatic heterocycles. The average Bonchev–Trinajstić information content (AvgIpc) is 2.16. The molecule has 0 bridgehead atoms. The third-order valence-electron chi connectivity index (χ3n) is 2.39. The quantitative estimate of drug-likeness (QED) is 0.351. The summed E-state index contributed by atoms with van der Waals surface area (Å²) >= 11 is 0. The summed E-state index contributed by atoms with van der Waals surface area (Å²) in [6.45, 7) is 5.47. The molecule has 0 aromatic carbocycles. The molecular formula is C12H23NO. The summed E-state index contributed by atoms with van der Waals surface area (Å²) in [7, 11) is 0. The Morgan fingerprint density at radius 3 is 2.36 bits per heavy atom. The summed E-state index contributed by atoms with van der Waals surface area (Å²) in [4.78, 5) is 10.5. The summed E-state index contributed by atoms with van der Waals surface area (Å²) < 4.78 is 0. The van der Waals surface area contributed by atoms with Crippen LogP contribution in [0, 0.1) is 0 Å². The van der Waals surface area contributed by atoms with Gasteiger partial charge >= 0.3 is 0 Å².